The Balaban J connectivity index is 1.55. The van der Waals surface area contributed by atoms with Gasteiger partial charge < -0.3 is 10.6 Å². The molecule has 1 saturated heterocycles. The van der Waals surface area contributed by atoms with Crippen LogP contribution in [0, 0.1) is 0 Å². The molecule has 0 atom stereocenters. The molecule has 1 saturated carbocycles. The van der Waals surface area contributed by atoms with Crippen molar-refractivity contribution in [1.29, 1.82) is 0 Å². The van der Waals surface area contributed by atoms with E-state index < -0.39 is 17.5 Å². The monoisotopic (exact) mass is 370 g/mol. The predicted octanol–water partition coefficient (Wildman–Crippen LogP) is 0.958. The molecule has 1 aliphatic heterocycles. The van der Waals surface area contributed by atoms with Crippen molar-refractivity contribution >= 4 is 46.1 Å². The van der Waals surface area contributed by atoms with Gasteiger partial charge in [0.05, 0.1) is 5.75 Å². The number of imide groups is 1. The minimum atomic E-state index is -0.837. The summed E-state index contributed by atoms with van der Waals surface area (Å²) in [6.07, 6.45) is 4.10. The lowest BCUT2D eigenvalue weighted by Gasteiger charge is -2.30. The van der Waals surface area contributed by atoms with Crippen molar-refractivity contribution in [3.8, 4) is 0 Å². The summed E-state index contributed by atoms with van der Waals surface area (Å²) in [5.74, 6) is -0.751. The standard InChI is InChI=1S/C13H18N6O3S2/c1-14-10-16-17-12(24-10)23-7-8(20)18-19-9(21)13(15-11(19)22)5-3-2-4-6-13/h2-7H2,1H3,(H,14,16)(H,15,22)(H,18,20). The number of nitrogens with zero attached hydrogens (tertiary/aromatic N) is 3. The second-order valence-corrected chi connectivity index (χ2v) is 7.86. The fourth-order valence-electron chi connectivity index (χ4n) is 2.87. The van der Waals surface area contributed by atoms with Crippen LogP contribution in [0.15, 0.2) is 4.34 Å². The summed E-state index contributed by atoms with van der Waals surface area (Å²) in [4.78, 5) is 36.6. The molecular weight excluding hydrogens is 352 g/mol. The summed E-state index contributed by atoms with van der Waals surface area (Å²) in [7, 11) is 1.74. The largest absolute Gasteiger partial charge is 0.363 e. The van der Waals surface area contributed by atoms with Crippen molar-refractivity contribution in [3.05, 3.63) is 0 Å². The Morgan fingerprint density at radius 3 is 2.75 bits per heavy atom. The van der Waals surface area contributed by atoms with Crippen molar-refractivity contribution < 1.29 is 14.4 Å². The topological polar surface area (TPSA) is 116 Å². The first kappa shape index (κ1) is 17.0. The molecule has 1 spiro atoms. The molecule has 130 valence electrons. The lowest BCUT2D eigenvalue weighted by atomic mass is 9.82. The van der Waals surface area contributed by atoms with Crippen molar-refractivity contribution in [2.24, 2.45) is 0 Å². The quantitative estimate of drug-likeness (QED) is 0.522. The van der Waals surface area contributed by atoms with E-state index in [1.54, 1.807) is 7.05 Å². The van der Waals surface area contributed by atoms with E-state index in [2.05, 4.69) is 26.3 Å². The Kier molecular flexibility index (Phi) is 4.90. The summed E-state index contributed by atoms with van der Waals surface area (Å²) in [5, 5.41) is 14.9. The Hall–Kier alpha value is -1.88. The number of hydrogen-bond acceptors (Lipinski definition) is 8. The van der Waals surface area contributed by atoms with E-state index >= 15 is 0 Å². The average molecular weight is 370 g/mol. The number of hydrogen-bond donors (Lipinski definition) is 3. The highest BCUT2D eigenvalue weighted by molar-refractivity contribution is 8.01. The number of anilines is 1. The first-order valence-corrected chi connectivity index (χ1v) is 9.44. The van der Waals surface area contributed by atoms with Crippen LogP contribution < -0.4 is 16.1 Å². The Morgan fingerprint density at radius 1 is 1.33 bits per heavy atom. The van der Waals surface area contributed by atoms with Gasteiger partial charge in [-0.05, 0) is 12.8 Å². The number of aromatic nitrogens is 2. The number of hydrazine groups is 1. The molecule has 2 heterocycles. The third-order valence-corrected chi connectivity index (χ3v) is 6.13. The summed E-state index contributed by atoms with van der Waals surface area (Å²) in [6.45, 7) is 0. The summed E-state index contributed by atoms with van der Waals surface area (Å²) >= 11 is 2.53. The number of urea groups is 1. The fraction of sp³-hybridized carbons (Fsp3) is 0.615. The van der Waals surface area contributed by atoms with Crippen molar-refractivity contribution in [3.63, 3.8) is 0 Å². The van der Waals surface area contributed by atoms with E-state index in [1.165, 1.54) is 23.1 Å². The molecule has 3 N–H and O–H groups in total. The van der Waals surface area contributed by atoms with Gasteiger partial charge in [-0.15, -0.1) is 10.2 Å². The van der Waals surface area contributed by atoms with Crippen LogP contribution in [0.5, 0.6) is 0 Å². The van der Waals surface area contributed by atoms with Crippen LogP contribution in [-0.2, 0) is 9.59 Å². The smallest absolute Gasteiger partial charge is 0.344 e. The highest BCUT2D eigenvalue weighted by atomic mass is 32.2. The van der Waals surface area contributed by atoms with E-state index in [4.69, 9.17) is 0 Å². The molecule has 0 unspecified atom stereocenters. The number of thioether (sulfide) groups is 1. The maximum absolute atomic E-state index is 12.5. The normalized spacial score (nSPS) is 19.5. The molecule has 0 radical (unpaired) electrons. The molecule has 3 rings (SSSR count). The van der Waals surface area contributed by atoms with Gasteiger partial charge in [-0.3, -0.25) is 15.0 Å². The van der Waals surface area contributed by atoms with Gasteiger partial charge in [0.2, 0.25) is 11.0 Å². The highest BCUT2D eigenvalue weighted by Gasteiger charge is 2.52. The summed E-state index contributed by atoms with van der Waals surface area (Å²) < 4.78 is 0.635. The molecule has 11 heteroatoms. The van der Waals surface area contributed by atoms with Gasteiger partial charge in [0.15, 0.2) is 4.34 Å². The lowest BCUT2D eigenvalue weighted by molar-refractivity contribution is -0.139. The average Bonchev–Trinajstić information content (AvgIpc) is 3.13. The van der Waals surface area contributed by atoms with E-state index in [-0.39, 0.29) is 11.7 Å². The molecule has 2 fully saturated rings. The van der Waals surface area contributed by atoms with Crippen LogP contribution in [0.3, 0.4) is 0 Å². The zero-order valence-corrected chi connectivity index (χ0v) is 14.8. The second-order valence-electron chi connectivity index (χ2n) is 5.66. The van der Waals surface area contributed by atoms with Crippen LogP contribution in [-0.4, -0.2) is 51.4 Å². The van der Waals surface area contributed by atoms with Gasteiger partial charge in [0.25, 0.3) is 5.91 Å². The zero-order valence-electron chi connectivity index (χ0n) is 13.1. The number of carbonyl (C=O) groups is 3. The zero-order chi connectivity index (χ0) is 17.2. The number of rotatable bonds is 5. The number of amides is 4. The minimum absolute atomic E-state index is 0.0441. The van der Waals surface area contributed by atoms with Crippen LogP contribution in [0.25, 0.3) is 0 Å². The molecule has 1 aromatic heterocycles. The van der Waals surface area contributed by atoms with Crippen molar-refractivity contribution in [1.82, 2.24) is 25.9 Å². The predicted molar refractivity (Wildman–Crippen MR) is 89.5 cm³/mol. The maximum atomic E-state index is 12.5. The number of nitrogens with one attached hydrogen (secondary N) is 3. The Morgan fingerprint density at radius 2 is 2.08 bits per heavy atom. The molecular formula is C13H18N6O3S2. The lowest BCUT2D eigenvalue weighted by Crippen LogP contribution is -2.51. The highest BCUT2D eigenvalue weighted by Crippen LogP contribution is 2.33. The van der Waals surface area contributed by atoms with Gasteiger partial charge in [-0.2, -0.15) is 5.01 Å². The van der Waals surface area contributed by atoms with Gasteiger partial charge in [0, 0.05) is 7.05 Å². The molecule has 9 nitrogen and oxygen atoms in total. The molecule has 0 bridgehead atoms. The first-order chi connectivity index (χ1) is 11.5. The third kappa shape index (κ3) is 3.31. The second kappa shape index (κ2) is 6.93. The SMILES string of the molecule is CNc1nnc(SCC(=O)NN2C(=O)NC3(CCCCC3)C2=O)s1. The molecule has 4 amide bonds. The summed E-state index contributed by atoms with van der Waals surface area (Å²) in [6, 6.07) is -0.561. The van der Waals surface area contributed by atoms with Gasteiger partial charge >= 0.3 is 6.03 Å². The number of carbonyl (C=O) groups excluding carboxylic acids is 3. The van der Waals surface area contributed by atoms with Crippen LogP contribution in [0.2, 0.25) is 0 Å². The van der Waals surface area contributed by atoms with E-state index in [1.807, 2.05) is 0 Å². The summed E-state index contributed by atoms with van der Waals surface area (Å²) in [5.41, 5.74) is 1.56. The Labute approximate surface area is 146 Å². The van der Waals surface area contributed by atoms with E-state index in [0.717, 1.165) is 24.3 Å². The third-order valence-electron chi connectivity index (χ3n) is 4.05. The maximum Gasteiger partial charge on any atom is 0.344 e. The van der Waals surface area contributed by atoms with Crippen LogP contribution in [0.4, 0.5) is 9.93 Å². The minimum Gasteiger partial charge on any atom is -0.363 e. The molecule has 1 aromatic rings. The van der Waals surface area contributed by atoms with Crippen molar-refractivity contribution in [2.45, 2.75) is 42.0 Å². The van der Waals surface area contributed by atoms with Crippen LogP contribution in [0.1, 0.15) is 32.1 Å². The van der Waals surface area contributed by atoms with E-state index in [9.17, 15) is 14.4 Å². The van der Waals surface area contributed by atoms with Crippen molar-refractivity contribution in [2.75, 3.05) is 18.1 Å². The molecule has 2 aliphatic rings. The van der Waals surface area contributed by atoms with Gasteiger partial charge in [-0.25, -0.2) is 4.79 Å². The molecule has 24 heavy (non-hydrogen) atoms. The molecule has 1 aliphatic carbocycles. The van der Waals surface area contributed by atoms with Gasteiger partial charge in [-0.1, -0.05) is 42.4 Å². The van der Waals surface area contributed by atoms with E-state index in [0.29, 0.717) is 22.3 Å². The molecule has 0 aromatic carbocycles. The Bertz CT molecular complexity index is 658. The fourth-order valence-corrected chi connectivity index (χ4v) is 4.37. The van der Waals surface area contributed by atoms with Crippen LogP contribution >= 0.6 is 23.1 Å². The van der Waals surface area contributed by atoms with Gasteiger partial charge in [0.1, 0.15) is 5.54 Å². The first-order valence-electron chi connectivity index (χ1n) is 7.64.